The van der Waals surface area contributed by atoms with Crippen LogP contribution in [-0.4, -0.2) is 45.2 Å². The highest BCUT2D eigenvalue weighted by atomic mass is 32.1. The average molecular weight is 504 g/mol. The molecule has 1 atom stereocenters. The smallest absolute Gasteiger partial charge is 0.394 e. The zero-order chi connectivity index (χ0) is 24.8. The van der Waals surface area contributed by atoms with Crippen LogP contribution in [0.5, 0.6) is 0 Å². The molecule has 0 amide bonds. The molecule has 8 nitrogen and oxygen atoms in total. The largest absolute Gasteiger partial charge is 0.469 e. The third-order valence-electron chi connectivity index (χ3n) is 5.20. The maximum Gasteiger partial charge on any atom is 0.469 e. The second-order valence-electron chi connectivity index (χ2n) is 8.03. The van der Waals surface area contributed by atoms with Crippen LogP contribution in [0.15, 0.2) is 66.7 Å². The highest BCUT2D eigenvalue weighted by Gasteiger charge is 2.31. The van der Waals surface area contributed by atoms with Gasteiger partial charge < -0.3 is 20.6 Å². The van der Waals surface area contributed by atoms with Crippen LogP contribution in [0.2, 0.25) is 0 Å². The van der Waals surface area contributed by atoms with E-state index in [0.717, 1.165) is 16.0 Å². The van der Waals surface area contributed by atoms with Gasteiger partial charge in [-0.05, 0) is 29.7 Å². The Bertz CT molecular complexity index is 1170. The lowest BCUT2D eigenvalue weighted by Crippen LogP contribution is -2.49. The van der Waals surface area contributed by atoms with Gasteiger partial charge in [0, 0.05) is 23.3 Å². The molecular weight excluding hydrogens is 477 g/mol. The third-order valence-corrected chi connectivity index (χ3v) is 6.84. The number of aryl methyl sites for hydroxylation is 1. The van der Waals surface area contributed by atoms with Crippen molar-refractivity contribution in [1.82, 2.24) is 0 Å². The van der Waals surface area contributed by atoms with Crippen LogP contribution in [0.3, 0.4) is 0 Å². The quantitative estimate of drug-likeness (QED) is 0.217. The topological polar surface area (TPSA) is 147 Å². The van der Waals surface area contributed by atoms with Crippen molar-refractivity contribution >= 4 is 30.7 Å². The molecule has 0 aliphatic rings. The SMILES string of the molecule is NC(CO)(COP(=O)(O)O)CC(=O)c1ccc(-c2ccc(C(=O)CCc3ccccc3)s2)cc1. The Balaban J connectivity index is 1.62. The summed E-state index contributed by atoms with van der Waals surface area (Å²) in [5, 5.41) is 9.48. The standard InChI is InChI=1S/C24H26NO7PS/c25-24(15-26,16-32-33(29,30)31)14-21(28)18-7-9-19(10-8-18)22-12-13-23(34-22)20(27)11-6-17-4-2-1-3-5-17/h1-5,7-10,12-13,26H,6,11,14-16,25H2,(H2,29,30,31). The molecule has 180 valence electrons. The van der Waals surface area contributed by atoms with E-state index in [1.807, 2.05) is 36.4 Å². The average Bonchev–Trinajstić information content (AvgIpc) is 3.32. The number of carbonyl (C=O) groups excluding carboxylic acids is 2. The Kier molecular flexibility index (Phi) is 8.67. The molecule has 0 aliphatic carbocycles. The number of carbonyl (C=O) groups is 2. The molecule has 1 aromatic heterocycles. The van der Waals surface area contributed by atoms with Crippen LogP contribution in [-0.2, 0) is 15.5 Å². The number of rotatable bonds is 12. The molecule has 0 aliphatic heterocycles. The lowest BCUT2D eigenvalue weighted by atomic mass is 9.92. The fourth-order valence-electron chi connectivity index (χ4n) is 3.28. The zero-order valence-corrected chi connectivity index (χ0v) is 20.0. The molecular formula is C24H26NO7PS. The monoisotopic (exact) mass is 503 g/mol. The van der Waals surface area contributed by atoms with Gasteiger partial charge in [0.1, 0.15) is 0 Å². The van der Waals surface area contributed by atoms with Gasteiger partial charge in [-0.25, -0.2) is 4.57 Å². The number of Topliss-reactive ketones (excluding diaryl/α,β-unsaturated/α-hetero) is 2. The highest BCUT2D eigenvalue weighted by molar-refractivity contribution is 7.46. The minimum atomic E-state index is -4.78. The van der Waals surface area contributed by atoms with Crippen molar-refractivity contribution in [2.75, 3.05) is 13.2 Å². The van der Waals surface area contributed by atoms with E-state index in [9.17, 15) is 19.3 Å². The van der Waals surface area contributed by atoms with E-state index in [-0.39, 0.29) is 12.2 Å². The molecule has 1 unspecified atom stereocenters. The maximum atomic E-state index is 12.6. The molecule has 0 spiro atoms. The van der Waals surface area contributed by atoms with Gasteiger partial charge in [-0.1, -0.05) is 54.6 Å². The van der Waals surface area contributed by atoms with E-state index in [4.69, 9.17) is 15.5 Å². The van der Waals surface area contributed by atoms with Crippen molar-refractivity contribution in [3.8, 4) is 10.4 Å². The Morgan fingerprint density at radius 1 is 0.971 bits per heavy atom. The van der Waals surface area contributed by atoms with Crippen molar-refractivity contribution in [2.45, 2.75) is 24.8 Å². The maximum absolute atomic E-state index is 12.6. The first-order valence-electron chi connectivity index (χ1n) is 10.5. The molecule has 2 aromatic carbocycles. The minimum absolute atomic E-state index is 0.0766. The highest BCUT2D eigenvalue weighted by Crippen LogP contribution is 2.37. The summed E-state index contributed by atoms with van der Waals surface area (Å²) in [5.74, 6) is -0.326. The minimum Gasteiger partial charge on any atom is -0.394 e. The summed E-state index contributed by atoms with van der Waals surface area (Å²) in [5.41, 5.74) is 6.55. The summed E-state index contributed by atoms with van der Waals surface area (Å²) in [6.07, 6.45) is 0.746. The van der Waals surface area contributed by atoms with Gasteiger partial charge in [-0.15, -0.1) is 11.3 Å². The second kappa shape index (κ2) is 11.3. The normalized spacial score (nSPS) is 13.4. The van der Waals surface area contributed by atoms with Crippen LogP contribution in [0.4, 0.5) is 0 Å². The van der Waals surface area contributed by atoms with Gasteiger partial charge in [0.25, 0.3) is 0 Å². The first-order chi connectivity index (χ1) is 16.1. The molecule has 0 radical (unpaired) electrons. The summed E-state index contributed by atoms with van der Waals surface area (Å²) >= 11 is 1.39. The van der Waals surface area contributed by atoms with Gasteiger partial charge in [0.05, 0.1) is 23.6 Å². The molecule has 0 bridgehead atoms. The van der Waals surface area contributed by atoms with Crippen LogP contribution in [0.25, 0.3) is 10.4 Å². The fraction of sp³-hybridized carbons (Fsp3) is 0.250. The predicted octanol–water partition coefficient (Wildman–Crippen LogP) is 3.60. The van der Waals surface area contributed by atoms with Crippen LogP contribution >= 0.6 is 19.2 Å². The van der Waals surface area contributed by atoms with Gasteiger partial charge in [0.2, 0.25) is 0 Å². The molecule has 10 heteroatoms. The number of aliphatic hydroxyl groups excluding tert-OH is 1. The van der Waals surface area contributed by atoms with Crippen molar-refractivity contribution in [1.29, 1.82) is 0 Å². The molecule has 3 aromatic rings. The van der Waals surface area contributed by atoms with E-state index in [1.54, 1.807) is 30.3 Å². The van der Waals surface area contributed by atoms with E-state index in [0.29, 0.717) is 23.3 Å². The lowest BCUT2D eigenvalue weighted by Gasteiger charge is -2.26. The number of benzene rings is 2. The van der Waals surface area contributed by atoms with Crippen molar-refractivity contribution in [3.63, 3.8) is 0 Å². The number of hydrogen-bond acceptors (Lipinski definition) is 7. The van der Waals surface area contributed by atoms with Gasteiger partial charge in [0.15, 0.2) is 11.6 Å². The van der Waals surface area contributed by atoms with E-state index in [2.05, 4.69) is 4.52 Å². The van der Waals surface area contributed by atoms with Crippen LogP contribution in [0.1, 0.15) is 38.4 Å². The summed E-state index contributed by atoms with van der Waals surface area (Å²) in [4.78, 5) is 44.4. The second-order valence-corrected chi connectivity index (χ2v) is 10.4. The number of nitrogens with two attached hydrogens (primary N) is 1. The van der Waals surface area contributed by atoms with Crippen molar-refractivity contribution in [2.24, 2.45) is 5.73 Å². The lowest BCUT2D eigenvalue weighted by molar-refractivity contribution is 0.0779. The first-order valence-corrected chi connectivity index (χ1v) is 12.8. The molecule has 0 saturated carbocycles. The summed E-state index contributed by atoms with van der Waals surface area (Å²) in [6, 6.07) is 20.2. The van der Waals surface area contributed by atoms with Crippen LogP contribution in [0, 0.1) is 0 Å². The molecule has 34 heavy (non-hydrogen) atoms. The van der Waals surface area contributed by atoms with Gasteiger partial charge >= 0.3 is 7.82 Å². The molecule has 3 rings (SSSR count). The summed E-state index contributed by atoms with van der Waals surface area (Å²) < 4.78 is 15.3. The summed E-state index contributed by atoms with van der Waals surface area (Å²) in [7, 11) is -4.78. The van der Waals surface area contributed by atoms with E-state index in [1.165, 1.54) is 11.3 Å². The molecule has 5 N–H and O–H groups in total. The van der Waals surface area contributed by atoms with Crippen molar-refractivity contribution < 1.29 is 33.6 Å². The number of thiophene rings is 1. The Hall–Kier alpha value is -2.49. The van der Waals surface area contributed by atoms with E-state index < -0.39 is 32.4 Å². The number of aliphatic hydroxyl groups is 1. The zero-order valence-electron chi connectivity index (χ0n) is 18.3. The van der Waals surface area contributed by atoms with Gasteiger partial charge in [-0.2, -0.15) is 0 Å². The Labute approximate surface area is 201 Å². The number of ketones is 2. The summed E-state index contributed by atoms with van der Waals surface area (Å²) in [6.45, 7) is -1.36. The third kappa shape index (κ3) is 7.51. The number of phosphoric ester groups is 1. The van der Waals surface area contributed by atoms with Crippen LogP contribution < -0.4 is 5.73 Å². The van der Waals surface area contributed by atoms with E-state index >= 15 is 0 Å². The van der Waals surface area contributed by atoms with Crippen molar-refractivity contribution in [3.05, 3.63) is 82.7 Å². The predicted molar refractivity (Wildman–Crippen MR) is 130 cm³/mol. The fourth-order valence-corrected chi connectivity index (χ4v) is 4.68. The Morgan fingerprint density at radius 3 is 2.26 bits per heavy atom. The molecule has 0 saturated heterocycles. The molecule has 1 heterocycles. The Morgan fingerprint density at radius 2 is 1.65 bits per heavy atom. The number of phosphoric acid groups is 1. The number of hydrogen-bond donors (Lipinski definition) is 4. The van der Waals surface area contributed by atoms with Gasteiger partial charge in [-0.3, -0.25) is 14.1 Å². The molecule has 0 fully saturated rings. The first kappa shape index (κ1) is 26.1.